The molecule has 0 bridgehead atoms. The first-order chi connectivity index (χ1) is 8.49. The van der Waals surface area contributed by atoms with E-state index in [0.29, 0.717) is 13.0 Å². The van der Waals surface area contributed by atoms with Crippen LogP contribution in [0.5, 0.6) is 0 Å². The Balaban J connectivity index is 1.89. The predicted octanol–water partition coefficient (Wildman–Crippen LogP) is 3.09. The molecule has 0 amide bonds. The summed E-state index contributed by atoms with van der Waals surface area (Å²) in [7, 11) is 0. The quantitative estimate of drug-likeness (QED) is 0.840. The van der Waals surface area contributed by atoms with Crippen LogP contribution in [0.3, 0.4) is 0 Å². The number of aliphatic carboxylic acids is 1. The summed E-state index contributed by atoms with van der Waals surface area (Å²) in [5.74, 6) is -0.738. The zero-order valence-electron chi connectivity index (χ0n) is 11.1. The van der Waals surface area contributed by atoms with Gasteiger partial charge >= 0.3 is 5.97 Å². The number of fused-ring (bicyclic) bond motifs is 1. The van der Waals surface area contributed by atoms with E-state index >= 15 is 0 Å². The Hall–Kier alpha value is -1.51. The lowest BCUT2D eigenvalue weighted by atomic mass is 9.89. The number of carboxylic acid groups (broad SMARTS) is 1. The lowest BCUT2D eigenvalue weighted by Gasteiger charge is -2.19. The summed E-state index contributed by atoms with van der Waals surface area (Å²) in [6.07, 6.45) is 4.25. The molecule has 0 unspecified atom stereocenters. The second kappa shape index (κ2) is 5.01. The van der Waals surface area contributed by atoms with E-state index in [9.17, 15) is 4.79 Å². The highest BCUT2D eigenvalue weighted by atomic mass is 16.4. The van der Waals surface area contributed by atoms with E-state index in [1.165, 1.54) is 30.4 Å². The van der Waals surface area contributed by atoms with Gasteiger partial charge < -0.3 is 10.4 Å². The van der Waals surface area contributed by atoms with Crippen molar-refractivity contribution >= 4 is 11.7 Å². The van der Waals surface area contributed by atoms with Gasteiger partial charge in [-0.1, -0.05) is 6.07 Å². The van der Waals surface area contributed by atoms with Crippen LogP contribution in [0, 0.1) is 5.41 Å². The van der Waals surface area contributed by atoms with E-state index in [4.69, 9.17) is 5.11 Å². The van der Waals surface area contributed by atoms with Gasteiger partial charge in [0.05, 0.1) is 5.41 Å². The van der Waals surface area contributed by atoms with Crippen LogP contribution in [0.15, 0.2) is 18.2 Å². The molecule has 0 aromatic heterocycles. The van der Waals surface area contributed by atoms with Gasteiger partial charge in [0.2, 0.25) is 0 Å². The predicted molar refractivity (Wildman–Crippen MR) is 73.0 cm³/mol. The van der Waals surface area contributed by atoms with Crippen molar-refractivity contribution in [3.8, 4) is 0 Å². The van der Waals surface area contributed by atoms with Gasteiger partial charge in [-0.3, -0.25) is 4.79 Å². The molecule has 0 spiro atoms. The Kier molecular flexibility index (Phi) is 3.60. The zero-order chi connectivity index (χ0) is 13.2. The summed E-state index contributed by atoms with van der Waals surface area (Å²) >= 11 is 0. The molecule has 3 heteroatoms. The van der Waals surface area contributed by atoms with E-state index in [2.05, 4.69) is 23.5 Å². The van der Waals surface area contributed by atoms with Gasteiger partial charge in [0.25, 0.3) is 0 Å². The van der Waals surface area contributed by atoms with Gasteiger partial charge in [0.15, 0.2) is 0 Å². The Morgan fingerprint density at radius 1 is 1.33 bits per heavy atom. The smallest absolute Gasteiger partial charge is 0.309 e. The van der Waals surface area contributed by atoms with Crippen molar-refractivity contribution in [3.63, 3.8) is 0 Å². The zero-order valence-corrected chi connectivity index (χ0v) is 11.1. The molecule has 1 aromatic carbocycles. The van der Waals surface area contributed by atoms with Crippen LogP contribution in [-0.4, -0.2) is 17.6 Å². The number of rotatable bonds is 5. The molecule has 0 fully saturated rings. The minimum Gasteiger partial charge on any atom is -0.481 e. The summed E-state index contributed by atoms with van der Waals surface area (Å²) in [6, 6.07) is 6.49. The van der Waals surface area contributed by atoms with Crippen LogP contribution in [0.1, 0.15) is 37.8 Å². The van der Waals surface area contributed by atoms with Crippen LogP contribution in [-0.2, 0) is 17.6 Å². The van der Waals surface area contributed by atoms with Crippen molar-refractivity contribution < 1.29 is 9.90 Å². The molecule has 1 aliphatic rings. The fourth-order valence-corrected chi connectivity index (χ4v) is 2.31. The lowest BCUT2D eigenvalue weighted by Crippen LogP contribution is -2.26. The molecule has 0 saturated carbocycles. The van der Waals surface area contributed by atoms with E-state index in [1.54, 1.807) is 13.8 Å². The largest absolute Gasteiger partial charge is 0.481 e. The second-order valence-electron chi connectivity index (χ2n) is 5.70. The number of hydrogen-bond acceptors (Lipinski definition) is 2. The maximum atomic E-state index is 11.0. The summed E-state index contributed by atoms with van der Waals surface area (Å²) < 4.78 is 0. The number of anilines is 1. The molecule has 18 heavy (non-hydrogen) atoms. The topological polar surface area (TPSA) is 49.3 Å². The molecule has 1 aliphatic carbocycles. The fourth-order valence-electron chi connectivity index (χ4n) is 2.31. The SMILES string of the molecule is CC(C)(CCNc1ccc2c(c1)CCC2)C(=O)O. The molecule has 1 aromatic rings. The van der Waals surface area contributed by atoms with Gasteiger partial charge in [-0.25, -0.2) is 0 Å². The molecule has 0 heterocycles. The standard InChI is InChI=1S/C15H21NO2/c1-15(2,14(17)18)8-9-16-13-7-6-11-4-3-5-12(11)10-13/h6-7,10,16H,3-5,8-9H2,1-2H3,(H,17,18). The summed E-state index contributed by atoms with van der Waals surface area (Å²) in [5, 5.41) is 12.4. The highest BCUT2D eigenvalue weighted by Crippen LogP contribution is 2.25. The Morgan fingerprint density at radius 2 is 2.06 bits per heavy atom. The van der Waals surface area contributed by atoms with E-state index < -0.39 is 11.4 Å². The number of hydrogen-bond donors (Lipinski definition) is 2. The fraction of sp³-hybridized carbons (Fsp3) is 0.533. The molecule has 2 N–H and O–H groups in total. The van der Waals surface area contributed by atoms with E-state index in [0.717, 1.165) is 5.69 Å². The van der Waals surface area contributed by atoms with Crippen LogP contribution >= 0.6 is 0 Å². The van der Waals surface area contributed by atoms with Gasteiger partial charge in [-0.15, -0.1) is 0 Å². The van der Waals surface area contributed by atoms with Crippen molar-refractivity contribution in [2.24, 2.45) is 5.41 Å². The van der Waals surface area contributed by atoms with Gasteiger partial charge in [0.1, 0.15) is 0 Å². The van der Waals surface area contributed by atoms with Crippen molar-refractivity contribution in [2.45, 2.75) is 39.5 Å². The number of benzene rings is 1. The first-order valence-corrected chi connectivity index (χ1v) is 6.58. The molecule has 0 atom stereocenters. The van der Waals surface area contributed by atoms with Crippen molar-refractivity contribution in [3.05, 3.63) is 29.3 Å². The van der Waals surface area contributed by atoms with Crippen molar-refractivity contribution in [1.82, 2.24) is 0 Å². The molecule has 2 rings (SSSR count). The molecular formula is C15H21NO2. The Labute approximate surface area is 108 Å². The molecule has 0 aliphatic heterocycles. The Bertz CT molecular complexity index is 452. The highest BCUT2D eigenvalue weighted by Gasteiger charge is 2.26. The third-order valence-corrected chi connectivity index (χ3v) is 3.76. The summed E-state index contributed by atoms with van der Waals surface area (Å²) in [6.45, 7) is 4.22. The van der Waals surface area contributed by atoms with Crippen molar-refractivity contribution in [1.29, 1.82) is 0 Å². The minimum atomic E-state index is -0.738. The molecule has 0 saturated heterocycles. The van der Waals surface area contributed by atoms with E-state index in [1.807, 2.05) is 0 Å². The second-order valence-corrected chi connectivity index (χ2v) is 5.70. The molecule has 98 valence electrons. The first kappa shape index (κ1) is 12.9. The Morgan fingerprint density at radius 3 is 2.78 bits per heavy atom. The molecule has 0 radical (unpaired) electrons. The highest BCUT2D eigenvalue weighted by molar-refractivity contribution is 5.73. The first-order valence-electron chi connectivity index (χ1n) is 6.58. The summed E-state index contributed by atoms with van der Waals surface area (Å²) in [4.78, 5) is 11.0. The summed E-state index contributed by atoms with van der Waals surface area (Å²) in [5.41, 5.74) is 3.35. The number of aryl methyl sites for hydroxylation is 2. The van der Waals surface area contributed by atoms with Crippen LogP contribution in [0.2, 0.25) is 0 Å². The molecule has 3 nitrogen and oxygen atoms in total. The average Bonchev–Trinajstić information content (AvgIpc) is 2.75. The maximum absolute atomic E-state index is 11.0. The molecular weight excluding hydrogens is 226 g/mol. The maximum Gasteiger partial charge on any atom is 0.309 e. The van der Waals surface area contributed by atoms with E-state index in [-0.39, 0.29) is 0 Å². The van der Waals surface area contributed by atoms with Gasteiger partial charge in [-0.2, -0.15) is 0 Å². The third-order valence-electron chi connectivity index (χ3n) is 3.76. The van der Waals surface area contributed by atoms with Crippen LogP contribution < -0.4 is 5.32 Å². The van der Waals surface area contributed by atoms with Crippen LogP contribution in [0.4, 0.5) is 5.69 Å². The van der Waals surface area contributed by atoms with Gasteiger partial charge in [-0.05, 0) is 62.8 Å². The number of carboxylic acids is 1. The van der Waals surface area contributed by atoms with Crippen molar-refractivity contribution in [2.75, 3.05) is 11.9 Å². The number of nitrogens with one attached hydrogen (secondary N) is 1. The van der Waals surface area contributed by atoms with Crippen LogP contribution in [0.25, 0.3) is 0 Å². The monoisotopic (exact) mass is 247 g/mol. The minimum absolute atomic E-state index is 0.624. The lowest BCUT2D eigenvalue weighted by molar-refractivity contribution is -0.147. The average molecular weight is 247 g/mol. The normalized spacial score (nSPS) is 14.3. The third kappa shape index (κ3) is 2.84. The number of carbonyl (C=O) groups is 1. The van der Waals surface area contributed by atoms with Gasteiger partial charge in [0, 0.05) is 12.2 Å².